The molecule has 0 heterocycles. The maximum absolute atomic E-state index is 9.92. The molecule has 0 aliphatic heterocycles. The summed E-state index contributed by atoms with van der Waals surface area (Å²) in [6.07, 6.45) is 2.82. The zero-order chi connectivity index (χ0) is 12.5. The molecule has 4 heteroatoms. The number of halogens is 1. The number of nitrogens with one attached hydrogen (secondary N) is 1. The molecule has 0 radical (unpaired) electrons. The Bertz CT molecular complexity index is 416. The van der Waals surface area contributed by atoms with Gasteiger partial charge in [-0.2, -0.15) is 0 Å². The Hall–Kier alpha value is -0.770. The number of phenols is 1. The van der Waals surface area contributed by atoms with Crippen molar-refractivity contribution in [1.82, 2.24) is 5.32 Å². The van der Waals surface area contributed by atoms with Gasteiger partial charge in [-0.3, -0.25) is 0 Å². The molecule has 3 nitrogen and oxygen atoms in total. The van der Waals surface area contributed by atoms with E-state index in [4.69, 9.17) is 11.6 Å². The fourth-order valence-corrected chi connectivity index (χ4v) is 2.43. The maximum Gasteiger partial charge on any atom is 0.123 e. The molecule has 1 aliphatic carbocycles. The second-order valence-electron chi connectivity index (χ2n) is 4.91. The zero-order valence-electron chi connectivity index (χ0n) is 9.96. The Labute approximate surface area is 106 Å². The summed E-state index contributed by atoms with van der Waals surface area (Å²) in [6.45, 7) is 2.91. The van der Waals surface area contributed by atoms with Crippen LogP contribution in [0, 0.1) is 6.92 Å². The quantitative estimate of drug-likeness (QED) is 0.774. The lowest BCUT2D eigenvalue weighted by Gasteiger charge is -2.36. The van der Waals surface area contributed by atoms with Crippen LogP contribution in [0.25, 0.3) is 0 Å². The van der Waals surface area contributed by atoms with Gasteiger partial charge >= 0.3 is 0 Å². The van der Waals surface area contributed by atoms with E-state index in [2.05, 4.69) is 5.32 Å². The fraction of sp³-hybridized carbons (Fsp3) is 0.538. The van der Waals surface area contributed by atoms with E-state index in [0.29, 0.717) is 18.1 Å². The third-order valence-electron chi connectivity index (χ3n) is 3.40. The second kappa shape index (κ2) is 4.84. The Balaban J connectivity index is 1.94. The summed E-state index contributed by atoms with van der Waals surface area (Å²) in [6, 6.07) is 3.49. The Morgan fingerprint density at radius 2 is 2.12 bits per heavy atom. The van der Waals surface area contributed by atoms with Crippen molar-refractivity contribution in [2.24, 2.45) is 0 Å². The molecule has 1 fully saturated rings. The van der Waals surface area contributed by atoms with Gasteiger partial charge in [0.05, 0.1) is 5.60 Å². The van der Waals surface area contributed by atoms with Gasteiger partial charge in [0.25, 0.3) is 0 Å². The van der Waals surface area contributed by atoms with Crippen LogP contribution < -0.4 is 5.32 Å². The SMILES string of the molecule is Cc1cc(Cl)cc(CNCC2(O)CCC2)c1O. The zero-order valence-corrected chi connectivity index (χ0v) is 10.7. The average Bonchev–Trinajstić information content (AvgIpc) is 2.22. The molecule has 94 valence electrons. The third kappa shape index (κ3) is 2.92. The fourth-order valence-electron chi connectivity index (χ4n) is 2.13. The average molecular weight is 256 g/mol. The summed E-state index contributed by atoms with van der Waals surface area (Å²) in [7, 11) is 0. The molecule has 0 unspecified atom stereocenters. The van der Waals surface area contributed by atoms with Crippen molar-refractivity contribution in [3.8, 4) is 5.75 Å². The molecule has 0 saturated heterocycles. The highest BCUT2D eigenvalue weighted by molar-refractivity contribution is 6.30. The topological polar surface area (TPSA) is 52.5 Å². The van der Waals surface area contributed by atoms with Crippen molar-refractivity contribution in [2.45, 2.75) is 38.3 Å². The van der Waals surface area contributed by atoms with E-state index in [0.717, 1.165) is 30.4 Å². The first-order valence-corrected chi connectivity index (χ1v) is 6.29. The van der Waals surface area contributed by atoms with Gasteiger partial charge in [0.15, 0.2) is 0 Å². The van der Waals surface area contributed by atoms with Crippen molar-refractivity contribution >= 4 is 11.6 Å². The van der Waals surface area contributed by atoms with Crippen LogP contribution in [0.2, 0.25) is 5.02 Å². The standard InChI is InChI=1S/C13H18ClNO2/c1-9-5-11(14)6-10(12(9)16)7-15-8-13(17)3-2-4-13/h5-6,15-17H,2-4,7-8H2,1H3. The van der Waals surface area contributed by atoms with E-state index in [1.54, 1.807) is 12.1 Å². The van der Waals surface area contributed by atoms with Gasteiger partial charge < -0.3 is 15.5 Å². The summed E-state index contributed by atoms with van der Waals surface area (Å²) in [5.41, 5.74) is 1.01. The van der Waals surface area contributed by atoms with Gasteiger partial charge in [-0.15, -0.1) is 0 Å². The lowest BCUT2D eigenvalue weighted by molar-refractivity contribution is -0.0315. The monoisotopic (exact) mass is 255 g/mol. The van der Waals surface area contributed by atoms with Crippen LogP contribution in [0.4, 0.5) is 0 Å². The molecule has 1 aliphatic rings. The minimum absolute atomic E-state index is 0.280. The molecule has 17 heavy (non-hydrogen) atoms. The van der Waals surface area contributed by atoms with Gasteiger partial charge in [0, 0.05) is 23.7 Å². The normalized spacial score (nSPS) is 17.8. The highest BCUT2D eigenvalue weighted by Crippen LogP contribution is 2.31. The van der Waals surface area contributed by atoms with E-state index in [9.17, 15) is 10.2 Å². The highest BCUT2D eigenvalue weighted by Gasteiger charge is 2.33. The molecular weight excluding hydrogens is 238 g/mol. The predicted molar refractivity (Wildman–Crippen MR) is 68.4 cm³/mol. The third-order valence-corrected chi connectivity index (χ3v) is 3.62. The van der Waals surface area contributed by atoms with Crippen LogP contribution in [0.5, 0.6) is 5.75 Å². The Morgan fingerprint density at radius 1 is 1.41 bits per heavy atom. The number of phenolic OH excluding ortho intramolecular Hbond substituents is 1. The second-order valence-corrected chi connectivity index (χ2v) is 5.35. The number of hydrogen-bond acceptors (Lipinski definition) is 3. The van der Waals surface area contributed by atoms with Crippen LogP contribution in [0.1, 0.15) is 30.4 Å². The van der Waals surface area contributed by atoms with E-state index in [-0.39, 0.29) is 5.75 Å². The molecule has 2 rings (SSSR count). The van der Waals surface area contributed by atoms with Crippen molar-refractivity contribution in [3.05, 3.63) is 28.3 Å². The summed E-state index contributed by atoms with van der Waals surface area (Å²) < 4.78 is 0. The first-order valence-electron chi connectivity index (χ1n) is 5.91. The van der Waals surface area contributed by atoms with Crippen LogP contribution in [-0.2, 0) is 6.54 Å². The van der Waals surface area contributed by atoms with Crippen molar-refractivity contribution in [3.63, 3.8) is 0 Å². The molecular formula is C13H18ClNO2. The lowest BCUT2D eigenvalue weighted by atomic mass is 9.80. The highest BCUT2D eigenvalue weighted by atomic mass is 35.5. The van der Waals surface area contributed by atoms with E-state index >= 15 is 0 Å². The Morgan fingerprint density at radius 3 is 2.71 bits per heavy atom. The number of hydrogen-bond donors (Lipinski definition) is 3. The largest absolute Gasteiger partial charge is 0.507 e. The molecule has 0 amide bonds. The number of aliphatic hydroxyl groups is 1. The molecule has 0 atom stereocenters. The molecule has 0 aromatic heterocycles. The van der Waals surface area contributed by atoms with Crippen LogP contribution >= 0.6 is 11.6 Å². The summed E-state index contributed by atoms with van der Waals surface area (Å²) >= 11 is 5.94. The summed E-state index contributed by atoms with van der Waals surface area (Å²) in [4.78, 5) is 0. The van der Waals surface area contributed by atoms with Gasteiger partial charge in [-0.05, 0) is 43.9 Å². The van der Waals surface area contributed by atoms with Crippen molar-refractivity contribution in [2.75, 3.05) is 6.54 Å². The molecule has 1 aromatic carbocycles. The first-order chi connectivity index (χ1) is 8.00. The molecule has 1 aromatic rings. The molecule has 1 saturated carbocycles. The van der Waals surface area contributed by atoms with Gasteiger partial charge in [-0.1, -0.05) is 11.6 Å². The van der Waals surface area contributed by atoms with E-state index in [1.165, 1.54) is 0 Å². The maximum atomic E-state index is 9.92. The Kier molecular flexibility index (Phi) is 3.61. The van der Waals surface area contributed by atoms with Crippen LogP contribution in [-0.4, -0.2) is 22.4 Å². The summed E-state index contributed by atoms with van der Waals surface area (Å²) in [5.74, 6) is 0.280. The van der Waals surface area contributed by atoms with Gasteiger partial charge in [-0.25, -0.2) is 0 Å². The van der Waals surface area contributed by atoms with E-state index < -0.39 is 5.60 Å². The number of aromatic hydroxyl groups is 1. The number of rotatable bonds is 4. The molecule has 0 spiro atoms. The minimum Gasteiger partial charge on any atom is -0.507 e. The van der Waals surface area contributed by atoms with Crippen molar-refractivity contribution in [1.29, 1.82) is 0 Å². The number of aryl methyl sites for hydroxylation is 1. The molecule has 3 N–H and O–H groups in total. The lowest BCUT2D eigenvalue weighted by Crippen LogP contribution is -2.45. The first kappa shape index (κ1) is 12.7. The molecule has 0 bridgehead atoms. The van der Waals surface area contributed by atoms with E-state index in [1.807, 2.05) is 6.92 Å². The van der Waals surface area contributed by atoms with Crippen LogP contribution in [0.15, 0.2) is 12.1 Å². The minimum atomic E-state index is -0.538. The van der Waals surface area contributed by atoms with Crippen LogP contribution in [0.3, 0.4) is 0 Å². The smallest absolute Gasteiger partial charge is 0.123 e. The predicted octanol–water partition coefficient (Wildman–Crippen LogP) is 2.36. The van der Waals surface area contributed by atoms with Crippen molar-refractivity contribution < 1.29 is 10.2 Å². The number of benzene rings is 1. The summed E-state index contributed by atoms with van der Waals surface area (Å²) in [5, 5.41) is 23.6. The van der Waals surface area contributed by atoms with Gasteiger partial charge in [0.2, 0.25) is 0 Å². The van der Waals surface area contributed by atoms with Gasteiger partial charge in [0.1, 0.15) is 5.75 Å².